The molecule has 44 heavy (non-hydrogen) atoms. The molecule has 0 saturated carbocycles. The van der Waals surface area contributed by atoms with Crippen molar-refractivity contribution in [3.63, 3.8) is 0 Å². The van der Waals surface area contributed by atoms with Crippen LogP contribution in [0, 0.1) is 5.92 Å². The van der Waals surface area contributed by atoms with E-state index in [1.54, 1.807) is 6.20 Å². The van der Waals surface area contributed by atoms with Crippen LogP contribution in [0.25, 0.3) is 10.9 Å². The highest BCUT2D eigenvalue weighted by atomic mass is 16.4. The SMILES string of the molecule is CC(C)CC(N)C(=O)NC(Cc1c[nH]c2ccccc12)C(=O)NC(CCC(=O)O)C(=O)NC(Cc1ccc(O)cc1)C(=O)O. The smallest absolute Gasteiger partial charge is 0.326 e. The van der Waals surface area contributed by atoms with Crippen molar-refractivity contribution in [1.29, 1.82) is 0 Å². The fraction of sp³-hybridized carbons (Fsp3) is 0.387. The second-order valence-electron chi connectivity index (χ2n) is 11.1. The number of rotatable bonds is 16. The van der Waals surface area contributed by atoms with Crippen LogP contribution in [0.5, 0.6) is 5.75 Å². The van der Waals surface area contributed by atoms with Crippen molar-refractivity contribution >= 4 is 40.6 Å². The summed E-state index contributed by atoms with van der Waals surface area (Å²) in [6.07, 6.45) is 1.15. The summed E-state index contributed by atoms with van der Waals surface area (Å²) in [5.74, 6) is -4.71. The summed E-state index contributed by atoms with van der Waals surface area (Å²) in [4.78, 5) is 66.3. The molecule has 0 spiro atoms. The third-order valence-corrected chi connectivity index (χ3v) is 7.06. The highest BCUT2D eigenvalue weighted by molar-refractivity contribution is 5.95. The van der Waals surface area contributed by atoms with Crippen molar-refractivity contribution in [2.75, 3.05) is 0 Å². The number of carboxylic acid groups (broad SMARTS) is 2. The number of carboxylic acids is 2. The third kappa shape index (κ3) is 9.83. The largest absolute Gasteiger partial charge is 0.508 e. The van der Waals surface area contributed by atoms with E-state index in [1.807, 2.05) is 38.1 Å². The quantitative estimate of drug-likeness (QED) is 0.117. The van der Waals surface area contributed by atoms with Gasteiger partial charge in [-0.3, -0.25) is 19.2 Å². The Morgan fingerprint density at radius 1 is 0.818 bits per heavy atom. The van der Waals surface area contributed by atoms with E-state index < -0.39 is 60.2 Å². The second-order valence-corrected chi connectivity index (χ2v) is 11.1. The number of hydrogen-bond acceptors (Lipinski definition) is 7. The lowest BCUT2D eigenvalue weighted by Crippen LogP contribution is -2.58. The minimum Gasteiger partial charge on any atom is -0.508 e. The summed E-state index contributed by atoms with van der Waals surface area (Å²) < 4.78 is 0. The molecule has 2 aromatic carbocycles. The Morgan fingerprint density at radius 3 is 2.07 bits per heavy atom. The lowest BCUT2D eigenvalue weighted by molar-refractivity contribution is -0.143. The number of carbonyl (C=O) groups is 5. The first-order valence-corrected chi connectivity index (χ1v) is 14.3. The van der Waals surface area contributed by atoms with Gasteiger partial charge in [0.05, 0.1) is 6.04 Å². The van der Waals surface area contributed by atoms with Gasteiger partial charge in [0.15, 0.2) is 0 Å². The Hall–Kier alpha value is -4.91. The molecule has 3 amide bonds. The van der Waals surface area contributed by atoms with Crippen LogP contribution in [0.3, 0.4) is 0 Å². The van der Waals surface area contributed by atoms with Gasteiger partial charge >= 0.3 is 11.9 Å². The normalized spacial score (nSPS) is 13.9. The standard InChI is InChI=1S/C31H39N5O8/c1-17(2)13-22(32)28(40)35-25(15-19-16-33-23-6-4-3-5-21(19)23)30(42)34-24(11-12-27(38)39)29(41)36-26(31(43)44)14-18-7-9-20(37)10-8-18/h3-10,16-17,22,24-26,33,37H,11-15,32H2,1-2H3,(H,34,42)(H,35,40)(H,36,41)(H,38,39)(H,43,44). The lowest BCUT2D eigenvalue weighted by Gasteiger charge is -2.25. The molecule has 3 rings (SSSR count). The molecule has 1 heterocycles. The maximum absolute atomic E-state index is 13.6. The van der Waals surface area contributed by atoms with Crippen molar-refractivity contribution in [2.24, 2.45) is 11.7 Å². The molecule has 0 aliphatic heterocycles. The Morgan fingerprint density at radius 2 is 1.43 bits per heavy atom. The Labute approximate surface area is 254 Å². The van der Waals surface area contributed by atoms with E-state index in [4.69, 9.17) is 5.73 Å². The van der Waals surface area contributed by atoms with Crippen LogP contribution in [0.15, 0.2) is 54.7 Å². The lowest BCUT2D eigenvalue weighted by atomic mass is 10.0. The molecule has 0 saturated heterocycles. The molecule has 0 aliphatic rings. The van der Waals surface area contributed by atoms with Crippen LogP contribution < -0.4 is 21.7 Å². The summed E-state index contributed by atoms with van der Waals surface area (Å²) in [6.45, 7) is 3.81. The number of phenolic OH excluding ortho intramolecular Hbond substituents is 1. The number of aliphatic carboxylic acids is 2. The highest BCUT2D eigenvalue weighted by Gasteiger charge is 2.31. The first-order chi connectivity index (χ1) is 20.8. The molecule has 4 atom stereocenters. The van der Waals surface area contributed by atoms with Crippen LogP contribution in [0.1, 0.15) is 44.2 Å². The Balaban J connectivity index is 1.83. The van der Waals surface area contributed by atoms with E-state index >= 15 is 0 Å². The van der Waals surface area contributed by atoms with Gasteiger partial charge in [-0.2, -0.15) is 0 Å². The number of aromatic amines is 1. The van der Waals surface area contributed by atoms with Crippen molar-refractivity contribution in [3.05, 3.63) is 65.9 Å². The van der Waals surface area contributed by atoms with Gasteiger partial charge in [-0.25, -0.2) is 4.79 Å². The molecule has 13 nitrogen and oxygen atoms in total. The summed E-state index contributed by atoms with van der Waals surface area (Å²) >= 11 is 0. The van der Waals surface area contributed by atoms with E-state index in [0.29, 0.717) is 17.5 Å². The number of benzene rings is 2. The van der Waals surface area contributed by atoms with E-state index in [1.165, 1.54) is 24.3 Å². The van der Waals surface area contributed by atoms with Crippen molar-refractivity contribution < 1.29 is 39.3 Å². The molecule has 236 valence electrons. The maximum Gasteiger partial charge on any atom is 0.326 e. The van der Waals surface area contributed by atoms with Crippen LogP contribution >= 0.6 is 0 Å². The van der Waals surface area contributed by atoms with Crippen LogP contribution in [0.2, 0.25) is 0 Å². The van der Waals surface area contributed by atoms with Gasteiger partial charge in [0.1, 0.15) is 23.9 Å². The zero-order valence-corrected chi connectivity index (χ0v) is 24.6. The van der Waals surface area contributed by atoms with Gasteiger partial charge in [-0.1, -0.05) is 44.2 Å². The fourth-order valence-electron chi connectivity index (χ4n) is 4.77. The average Bonchev–Trinajstić information content (AvgIpc) is 3.37. The zero-order valence-electron chi connectivity index (χ0n) is 24.6. The van der Waals surface area contributed by atoms with Crippen molar-refractivity contribution in [3.8, 4) is 5.75 Å². The monoisotopic (exact) mass is 609 g/mol. The van der Waals surface area contributed by atoms with Crippen LogP contribution in [-0.2, 0) is 36.8 Å². The molecule has 3 aromatic rings. The van der Waals surface area contributed by atoms with E-state index in [2.05, 4.69) is 20.9 Å². The summed E-state index contributed by atoms with van der Waals surface area (Å²) in [6, 6.07) is 8.22. The minimum absolute atomic E-state index is 0.0134. The van der Waals surface area contributed by atoms with E-state index in [0.717, 1.165) is 10.9 Å². The molecule has 0 bridgehead atoms. The Bertz CT molecular complexity index is 1470. The van der Waals surface area contributed by atoms with Gasteiger partial charge < -0.3 is 42.0 Å². The van der Waals surface area contributed by atoms with Gasteiger partial charge in [0.25, 0.3) is 0 Å². The van der Waals surface area contributed by atoms with Gasteiger partial charge in [-0.05, 0) is 48.1 Å². The molecular formula is C31H39N5O8. The molecule has 1 aromatic heterocycles. The number of nitrogens with one attached hydrogen (secondary N) is 4. The number of carbonyl (C=O) groups excluding carboxylic acids is 3. The third-order valence-electron chi connectivity index (χ3n) is 7.06. The molecule has 0 radical (unpaired) electrons. The summed E-state index contributed by atoms with van der Waals surface area (Å²) in [5.41, 5.74) is 8.11. The Kier molecular flexibility index (Phi) is 11.9. The molecule has 13 heteroatoms. The number of aromatic nitrogens is 1. The average molecular weight is 610 g/mol. The second kappa shape index (κ2) is 15.5. The predicted octanol–water partition coefficient (Wildman–Crippen LogP) is 1.44. The summed E-state index contributed by atoms with van der Waals surface area (Å²) in [7, 11) is 0. The van der Waals surface area contributed by atoms with E-state index in [9.17, 15) is 39.3 Å². The van der Waals surface area contributed by atoms with Crippen molar-refractivity contribution in [2.45, 2.75) is 70.1 Å². The molecule has 0 aliphatic carbocycles. The molecular weight excluding hydrogens is 570 g/mol. The first-order valence-electron chi connectivity index (χ1n) is 14.3. The number of nitrogens with two attached hydrogens (primary N) is 1. The van der Waals surface area contributed by atoms with Crippen molar-refractivity contribution in [1.82, 2.24) is 20.9 Å². The number of hydrogen-bond donors (Lipinski definition) is 8. The molecule has 9 N–H and O–H groups in total. The molecule has 0 fully saturated rings. The predicted molar refractivity (Wildman–Crippen MR) is 162 cm³/mol. The number of phenols is 1. The number of amides is 3. The first kappa shape index (κ1) is 33.6. The zero-order chi connectivity index (χ0) is 32.4. The van der Waals surface area contributed by atoms with Gasteiger partial charge in [0, 0.05) is 36.4 Å². The minimum atomic E-state index is -1.42. The van der Waals surface area contributed by atoms with Crippen LogP contribution in [0.4, 0.5) is 0 Å². The van der Waals surface area contributed by atoms with Gasteiger partial charge in [0.2, 0.25) is 17.7 Å². The maximum atomic E-state index is 13.6. The number of H-pyrrole nitrogens is 1. The van der Waals surface area contributed by atoms with Crippen LogP contribution in [-0.4, -0.2) is 74.1 Å². The summed E-state index contributed by atoms with van der Waals surface area (Å²) in [5, 5.41) is 36.9. The number of para-hydroxylation sites is 1. The fourth-order valence-corrected chi connectivity index (χ4v) is 4.77. The highest BCUT2D eigenvalue weighted by Crippen LogP contribution is 2.20. The number of aromatic hydroxyl groups is 1. The topological polar surface area (TPSA) is 224 Å². The van der Waals surface area contributed by atoms with Gasteiger partial charge in [-0.15, -0.1) is 0 Å². The number of fused-ring (bicyclic) bond motifs is 1. The van der Waals surface area contributed by atoms with E-state index in [-0.39, 0.29) is 30.9 Å². The molecule has 4 unspecified atom stereocenters.